The summed E-state index contributed by atoms with van der Waals surface area (Å²) >= 11 is 5.64. The molecule has 1 amide bonds. The molecule has 5 heteroatoms. The van der Waals surface area contributed by atoms with E-state index in [4.69, 9.17) is 16.3 Å². The summed E-state index contributed by atoms with van der Waals surface area (Å²) in [7, 11) is 0. The summed E-state index contributed by atoms with van der Waals surface area (Å²) in [6.45, 7) is 1.67. The first kappa shape index (κ1) is 8.31. The molecule has 0 spiro atoms. The molecule has 1 aliphatic rings. The van der Waals surface area contributed by atoms with Gasteiger partial charge < -0.3 is 10.1 Å². The first-order valence-electron chi connectivity index (χ1n) is 3.80. The number of fused-ring (bicyclic) bond motifs is 1. The lowest BCUT2D eigenvalue weighted by Gasteiger charge is -2.22. The minimum atomic E-state index is -0.476. The van der Waals surface area contributed by atoms with E-state index in [1.165, 1.54) is 6.20 Å². The molecule has 2 rings (SSSR count). The molecule has 1 aliphatic heterocycles. The zero-order valence-electron chi connectivity index (χ0n) is 6.87. The first-order valence-corrected chi connectivity index (χ1v) is 4.17. The number of hydrogen-bond acceptors (Lipinski definition) is 3. The summed E-state index contributed by atoms with van der Waals surface area (Å²) in [6.07, 6.45) is 1.02. The highest BCUT2D eigenvalue weighted by Gasteiger charge is 2.23. The minimum absolute atomic E-state index is 0.172. The average molecular weight is 199 g/mol. The van der Waals surface area contributed by atoms with Crippen molar-refractivity contribution in [2.75, 3.05) is 5.32 Å². The molecule has 0 aliphatic carbocycles. The molecule has 4 nitrogen and oxygen atoms in total. The Balaban J connectivity index is 2.42. The molecule has 13 heavy (non-hydrogen) atoms. The van der Waals surface area contributed by atoms with Crippen molar-refractivity contribution < 1.29 is 9.53 Å². The van der Waals surface area contributed by atoms with Gasteiger partial charge in [0.1, 0.15) is 5.15 Å². The van der Waals surface area contributed by atoms with Gasteiger partial charge in [-0.15, -0.1) is 0 Å². The van der Waals surface area contributed by atoms with Gasteiger partial charge in [-0.3, -0.25) is 4.79 Å². The number of nitrogens with zero attached hydrogens (tertiary/aromatic N) is 1. The van der Waals surface area contributed by atoms with Crippen LogP contribution in [0.25, 0.3) is 0 Å². The van der Waals surface area contributed by atoms with E-state index in [1.54, 1.807) is 13.0 Å². The summed E-state index contributed by atoms with van der Waals surface area (Å²) in [5.74, 6) is 0.381. The van der Waals surface area contributed by atoms with Crippen LogP contribution >= 0.6 is 11.6 Å². The summed E-state index contributed by atoms with van der Waals surface area (Å²) in [4.78, 5) is 15.0. The van der Waals surface area contributed by atoms with Crippen molar-refractivity contribution in [1.29, 1.82) is 0 Å². The number of rotatable bonds is 0. The summed E-state index contributed by atoms with van der Waals surface area (Å²) < 4.78 is 5.27. The quantitative estimate of drug-likeness (QED) is 0.642. The van der Waals surface area contributed by atoms with E-state index in [0.29, 0.717) is 16.6 Å². The Morgan fingerprint density at radius 3 is 3.23 bits per heavy atom. The van der Waals surface area contributed by atoms with Gasteiger partial charge in [-0.2, -0.15) is 0 Å². The number of anilines is 1. The number of hydrogen-bond donors (Lipinski definition) is 1. The monoisotopic (exact) mass is 198 g/mol. The molecule has 0 saturated heterocycles. The van der Waals surface area contributed by atoms with Crippen molar-refractivity contribution in [1.82, 2.24) is 4.98 Å². The molecule has 1 aromatic heterocycles. The number of aromatic nitrogens is 1. The lowest BCUT2D eigenvalue weighted by molar-refractivity contribution is -0.122. The average Bonchev–Trinajstić information content (AvgIpc) is 2.08. The van der Waals surface area contributed by atoms with E-state index in [0.717, 1.165) is 0 Å². The molecule has 1 unspecified atom stereocenters. The number of amides is 1. The highest BCUT2D eigenvalue weighted by atomic mass is 35.5. The van der Waals surface area contributed by atoms with Gasteiger partial charge in [-0.25, -0.2) is 4.98 Å². The Kier molecular flexibility index (Phi) is 1.84. The second kappa shape index (κ2) is 2.88. The van der Waals surface area contributed by atoms with Crippen LogP contribution < -0.4 is 10.1 Å². The number of carbonyl (C=O) groups is 1. The standard InChI is InChI=1S/C8H7ClN2O2/c1-4-8(12)11-5-2-7(9)10-3-6(5)13-4/h2-4H,1H3,(H,11,12). The Labute approximate surface area is 79.9 Å². The van der Waals surface area contributed by atoms with E-state index in [2.05, 4.69) is 10.3 Å². The van der Waals surface area contributed by atoms with E-state index < -0.39 is 6.10 Å². The fourth-order valence-corrected chi connectivity index (χ4v) is 1.25. The van der Waals surface area contributed by atoms with Crippen molar-refractivity contribution in [3.8, 4) is 5.75 Å². The van der Waals surface area contributed by atoms with Crippen LogP contribution in [0.2, 0.25) is 5.15 Å². The fraction of sp³-hybridized carbons (Fsp3) is 0.250. The van der Waals surface area contributed by atoms with Crippen LogP contribution in [0.4, 0.5) is 5.69 Å². The molecule has 68 valence electrons. The second-order valence-electron chi connectivity index (χ2n) is 2.75. The number of nitrogens with one attached hydrogen (secondary N) is 1. The molecule has 0 saturated carbocycles. The topological polar surface area (TPSA) is 51.2 Å². The zero-order chi connectivity index (χ0) is 9.42. The van der Waals surface area contributed by atoms with Crippen LogP contribution in [0.15, 0.2) is 12.3 Å². The van der Waals surface area contributed by atoms with E-state index in [1.807, 2.05) is 0 Å². The summed E-state index contributed by atoms with van der Waals surface area (Å²) in [5.41, 5.74) is 0.572. The van der Waals surface area contributed by atoms with Crippen LogP contribution in [0.5, 0.6) is 5.75 Å². The molecule has 2 heterocycles. The third-order valence-electron chi connectivity index (χ3n) is 1.76. The van der Waals surface area contributed by atoms with Gasteiger partial charge in [0.2, 0.25) is 0 Å². The lowest BCUT2D eigenvalue weighted by atomic mass is 10.2. The molecule has 1 N–H and O–H groups in total. The maximum atomic E-state index is 11.2. The van der Waals surface area contributed by atoms with Gasteiger partial charge >= 0.3 is 0 Å². The Morgan fingerprint density at radius 2 is 2.46 bits per heavy atom. The minimum Gasteiger partial charge on any atom is -0.477 e. The van der Waals surface area contributed by atoms with E-state index in [9.17, 15) is 4.79 Å². The number of pyridine rings is 1. The molecule has 0 radical (unpaired) electrons. The number of carbonyl (C=O) groups excluding carboxylic acids is 1. The third-order valence-corrected chi connectivity index (χ3v) is 1.97. The predicted molar refractivity (Wildman–Crippen MR) is 48.0 cm³/mol. The molecule has 0 fully saturated rings. The van der Waals surface area contributed by atoms with Crippen molar-refractivity contribution in [3.63, 3.8) is 0 Å². The largest absolute Gasteiger partial charge is 0.477 e. The van der Waals surface area contributed by atoms with Crippen molar-refractivity contribution in [2.24, 2.45) is 0 Å². The van der Waals surface area contributed by atoms with Gasteiger partial charge in [0, 0.05) is 6.07 Å². The van der Waals surface area contributed by atoms with Crippen LogP contribution in [0, 0.1) is 0 Å². The molecule has 1 atom stereocenters. The Bertz CT molecular complexity index is 367. The number of halogens is 1. The van der Waals surface area contributed by atoms with E-state index >= 15 is 0 Å². The zero-order valence-corrected chi connectivity index (χ0v) is 7.63. The van der Waals surface area contributed by atoms with Crippen LogP contribution in [-0.4, -0.2) is 17.0 Å². The van der Waals surface area contributed by atoms with Gasteiger partial charge in [0.15, 0.2) is 11.9 Å². The second-order valence-corrected chi connectivity index (χ2v) is 3.14. The van der Waals surface area contributed by atoms with Gasteiger partial charge in [-0.05, 0) is 6.92 Å². The smallest absolute Gasteiger partial charge is 0.265 e. The molecule has 1 aromatic rings. The third kappa shape index (κ3) is 1.45. The Hall–Kier alpha value is -1.29. The van der Waals surface area contributed by atoms with Crippen LogP contribution in [-0.2, 0) is 4.79 Å². The summed E-state index contributed by atoms with van der Waals surface area (Å²) in [5, 5.41) is 2.99. The molecule has 0 aromatic carbocycles. The van der Waals surface area contributed by atoms with Crippen LogP contribution in [0.1, 0.15) is 6.92 Å². The van der Waals surface area contributed by atoms with Gasteiger partial charge in [-0.1, -0.05) is 11.6 Å². The van der Waals surface area contributed by atoms with Crippen molar-refractivity contribution >= 4 is 23.2 Å². The molecular weight excluding hydrogens is 192 g/mol. The first-order chi connectivity index (χ1) is 6.16. The predicted octanol–water partition coefficient (Wildman–Crippen LogP) is 1.45. The van der Waals surface area contributed by atoms with E-state index in [-0.39, 0.29) is 5.91 Å². The maximum absolute atomic E-state index is 11.2. The van der Waals surface area contributed by atoms with Crippen molar-refractivity contribution in [2.45, 2.75) is 13.0 Å². The summed E-state index contributed by atoms with van der Waals surface area (Å²) in [6, 6.07) is 1.56. The van der Waals surface area contributed by atoms with Gasteiger partial charge in [0.05, 0.1) is 11.9 Å². The molecule has 0 bridgehead atoms. The van der Waals surface area contributed by atoms with Crippen molar-refractivity contribution in [3.05, 3.63) is 17.4 Å². The van der Waals surface area contributed by atoms with Gasteiger partial charge in [0.25, 0.3) is 5.91 Å². The highest BCUT2D eigenvalue weighted by Crippen LogP contribution is 2.30. The molecular formula is C8H7ClN2O2. The SMILES string of the molecule is CC1Oc2cnc(Cl)cc2NC1=O. The normalized spacial score (nSPS) is 20.2. The Morgan fingerprint density at radius 1 is 1.69 bits per heavy atom. The lowest BCUT2D eigenvalue weighted by Crippen LogP contribution is -2.34. The highest BCUT2D eigenvalue weighted by molar-refractivity contribution is 6.29. The van der Waals surface area contributed by atoms with Crippen LogP contribution in [0.3, 0.4) is 0 Å². The number of ether oxygens (including phenoxy) is 1. The fourth-order valence-electron chi connectivity index (χ4n) is 1.09. The maximum Gasteiger partial charge on any atom is 0.265 e.